The summed E-state index contributed by atoms with van der Waals surface area (Å²) in [6, 6.07) is 13.2. The van der Waals surface area contributed by atoms with Crippen molar-refractivity contribution >= 4 is 23.2 Å². The minimum atomic E-state index is -0.0884. The van der Waals surface area contributed by atoms with Crippen molar-refractivity contribution in [2.75, 3.05) is 20.2 Å². The minimum Gasteiger partial charge on any atom is -0.484 e. The molecule has 1 aromatic carbocycles. The molecule has 0 bridgehead atoms. The highest BCUT2D eigenvalue weighted by molar-refractivity contribution is 7.14. The second-order valence-corrected chi connectivity index (χ2v) is 6.74. The summed E-state index contributed by atoms with van der Waals surface area (Å²) in [5, 5.41) is 2.63. The van der Waals surface area contributed by atoms with Gasteiger partial charge in [-0.15, -0.1) is 11.3 Å². The lowest BCUT2D eigenvalue weighted by Crippen LogP contribution is -2.34. The van der Waals surface area contributed by atoms with Crippen molar-refractivity contribution in [1.29, 1.82) is 0 Å². The van der Waals surface area contributed by atoms with Crippen molar-refractivity contribution in [3.05, 3.63) is 52.2 Å². The molecule has 1 saturated heterocycles. The van der Waals surface area contributed by atoms with Gasteiger partial charge in [-0.25, -0.2) is 0 Å². The molecule has 1 aromatic heterocycles. The van der Waals surface area contributed by atoms with Gasteiger partial charge in [0, 0.05) is 18.5 Å². The van der Waals surface area contributed by atoms with Crippen LogP contribution >= 0.6 is 11.3 Å². The molecule has 0 unspecified atom stereocenters. The molecule has 2 heterocycles. The van der Waals surface area contributed by atoms with Gasteiger partial charge in [0.25, 0.3) is 11.8 Å². The van der Waals surface area contributed by atoms with E-state index in [4.69, 9.17) is 4.74 Å². The Bertz CT molecular complexity index is 714. The number of benzene rings is 1. The predicted octanol–water partition coefficient (Wildman–Crippen LogP) is 2.85. The molecule has 1 N–H and O–H groups in total. The third-order valence-electron chi connectivity index (χ3n) is 4.08. The monoisotopic (exact) mass is 344 g/mol. The van der Waals surface area contributed by atoms with Crippen LogP contribution < -0.4 is 10.1 Å². The first-order valence-corrected chi connectivity index (χ1v) is 8.80. The van der Waals surface area contributed by atoms with Crippen molar-refractivity contribution < 1.29 is 14.3 Å². The average Bonchev–Trinajstić information content (AvgIpc) is 3.28. The summed E-state index contributed by atoms with van der Waals surface area (Å²) in [6.45, 7) is 0.767. The molecule has 1 fully saturated rings. The Labute approximate surface area is 145 Å². The Morgan fingerprint density at radius 2 is 2.04 bits per heavy atom. The van der Waals surface area contributed by atoms with E-state index >= 15 is 0 Å². The van der Waals surface area contributed by atoms with Crippen LogP contribution in [0.15, 0.2) is 42.5 Å². The summed E-state index contributed by atoms with van der Waals surface area (Å²) >= 11 is 1.45. The average molecular weight is 344 g/mol. The van der Waals surface area contributed by atoms with Crippen molar-refractivity contribution in [3.8, 4) is 5.75 Å². The van der Waals surface area contributed by atoms with Gasteiger partial charge < -0.3 is 15.0 Å². The fourth-order valence-electron chi connectivity index (χ4n) is 2.88. The zero-order valence-corrected chi connectivity index (χ0v) is 14.3. The van der Waals surface area contributed by atoms with E-state index in [9.17, 15) is 9.59 Å². The largest absolute Gasteiger partial charge is 0.484 e. The van der Waals surface area contributed by atoms with Crippen LogP contribution in [0.25, 0.3) is 0 Å². The lowest BCUT2D eigenvalue weighted by atomic mass is 10.2. The molecule has 0 spiro atoms. The normalized spacial score (nSPS) is 16.9. The molecule has 3 rings (SSSR count). The second kappa shape index (κ2) is 7.49. The summed E-state index contributed by atoms with van der Waals surface area (Å²) in [7, 11) is 1.62. The Kier molecular flexibility index (Phi) is 5.15. The summed E-state index contributed by atoms with van der Waals surface area (Å²) < 4.78 is 5.57. The smallest absolute Gasteiger partial charge is 0.261 e. The third kappa shape index (κ3) is 3.59. The van der Waals surface area contributed by atoms with Crippen LogP contribution in [0.2, 0.25) is 0 Å². The SMILES string of the molecule is CNC(=O)c1ccc([C@H]2CCCN2C(=O)COc2ccccc2)s1. The summed E-state index contributed by atoms with van der Waals surface area (Å²) in [6.07, 6.45) is 1.89. The van der Waals surface area contributed by atoms with Crippen molar-refractivity contribution in [3.63, 3.8) is 0 Å². The fourth-order valence-corrected chi connectivity index (χ4v) is 3.98. The first kappa shape index (κ1) is 16.5. The van der Waals surface area contributed by atoms with E-state index in [0.29, 0.717) is 10.6 Å². The molecule has 5 nitrogen and oxygen atoms in total. The van der Waals surface area contributed by atoms with Gasteiger partial charge in [-0.3, -0.25) is 9.59 Å². The van der Waals surface area contributed by atoms with Gasteiger partial charge in [0.05, 0.1) is 10.9 Å². The zero-order valence-electron chi connectivity index (χ0n) is 13.5. The van der Waals surface area contributed by atoms with Gasteiger partial charge >= 0.3 is 0 Å². The molecule has 0 radical (unpaired) electrons. The minimum absolute atomic E-state index is 0.0174. The molecular weight excluding hydrogens is 324 g/mol. The van der Waals surface area contributed by atoms with Gasteiger partial charge in [-0.1, -0.05) is 18.2 Å². The van der Waals surface area contributed by atoms with E-state index in [1.54, 1.807) is 7.05 Å². The van der Waals surface area contributed by atoms with Crippen LogP contribution in [0.1, 0.15) is 33.4 Å². The van der Waals surface area contributed by atoms with E-state index in [0.717, 1.165) is 24.3 Å². The molecule has 24 heavy (non-hydrogen) atoms. The molecular formula is C18H20N2O3S. The zero-order chi connectivity index (χ0) is 16.9. The summed E-state index contributed by atoms with van der Waals surface area (Å²) in [4.78, 5) is 27.8. The standard InChI is InChI=1S/C18H20N2O3S/c1-19-18(22)16-10-9-15(24-16)14-8-5-11-20(14)17(21)12-23-13-6-3-2-4-7-13/h2-4,6-7,9-10,14H,5,8,11-12H2,1H3,(H,19,22)/t14-/m1/s1. The van der Waals surface area contributed by atoms with E-state index in [-0.39, 0.29) is 24.5 Å². The number of amides is 2. The third-order valence-corrected chi connectivity index (χ3v) is 5.27. The van der Waals surface area contributed by atoms with Gasteiger partial charge in [0.1, 0.15) is 5.75 Å². The van der Waals surface area contributed by atoms with Gasteiger partial charge in [0.2, 0.25) is 0 Å². The van der Waals surface area contributed by atoms with Crippen LogP contribution in [0.4, 0.5) is 0 Å². The molecule has 0 saturated carbocycles. The number of nitrogens with zero attached hydrogens (tertiary/aromatic N) is 1. The maximum absolute atomic E-state index is 12.5. The fraction of sp³-hybridized carbons (Fsp3) is 0.333. The summed E-state index contributed by atoms with van der Waals surface area (Å²) in [5.74, 6) is 0.588. The Balaban J connectivity index is 1.65. The number of likely N-dealkylation sites (tertiary alicyclic amines) is 1. The predicted molar refractivity (Wildman–Crippen MR) is 93.3 cm³/mol. The van der Waals surface area contributed by atoms with Crippen molar-refractivity contribution in [1.82, 2.24) is 10.2 Å². The molecule has 126 valence electrons. The maximum Gasteiger partial charge on any atom is 0.261 e. The van der Waals surface area contributed by atoms with Crippen LogP contribution in [0.5, 0.6) is 5.75 Å². The highest BCUT2D eigenvalue weighted by atomic mass is 32.1. The quantitative estimate of drug-likeness (QED) is 0.907. The molecule has 2 amide bonds. The molecule has 1 atom stereocenters. The van der Waals surface area contributed by atoms with Gasteiger partial charge in [0.15, 0.2) is 6.61 Å². The first-order chi connectivity index (χ1) is 11.7. The maximum atomic E-state index is 12.5. The first-order valence-electron chi connectivity index (χ1n) is 7.98. The number of para-hydroxylation sites is 1. The van der Waals surface area contributed by atoms with Crippen LogP contribution in [0, 0.1) is 0 Å². The number of hydrogen-bond acceptors (Lipinski definition) is 4. The van der Waals surface area contributed by atoms with Gasteiger partial charge in [-0.2, -0.15) is 0 Å². The van der Waals surface area contributed by atoms with Gasteiger partial charge in [-0.05, 0) is 37.1 Å². The van der Waals surface area contributed by atoms with Crippen LogP contribution in [0.3, 0.4) is 0 Å². The number of nitrogens with one attached hydrogen (secondary N) is 1. The number of rotatable bonds is 5. The van der Waals surface area contributed by atoms with E-state index in [1.165, 1.54) is 11.3 Å². The lowest BCUT2D eigenvalue weighted by molar-refractivity contribution is -0.134. The Hall–Kier alpha value is -2.34. The summed E-state index contributed by atoms with van der Waals surface area (Å²) in [5.41, 5.74) is 0. The molecule has 0 aliphatic carbocycles. The highest BCUT2D eigenvalue weighted by Gasteiger charge is 2.31. The Morgan fingerprint density at radius 3 is 2.79 bits per heavy atom. The lowest BCUT2D eigenvalue weighted by Gasteiger charge is -2.24. The number of ether oxygens (including phenoxy) is 1. The van der Waals surface area contributed by atoms with E-state index < -0.39 is 0 Å². The molecule has 2 aromatic rings. The molecule has 6 heteroatoms. The second-order valence-electron chi connectivity index (χ2n) is 5.63. The van der Waals surface area contributed by atoms with Crippen molar-refractivity contribution in [2.24, 2.45) is 0 Å². The van der Waals surface area contributed by atoms with Crippen molar-refractivity contribution in [2.45, 2.75) is 18.9 Å². The Morgan fingerprint density at radius 1 is 1.25 bits per heavy atom. The van der Waals surface area contributed by atoms with E-state index in [1.807, 2.05) is 47.4 Å². The van der Waals surface area contributed by atoms with E-state index in [2.05, 4.69) is 5.32 Å². The number of carbonyl (C=O) groups is 2. The molecule has 1 aliphatic heterocycles. The van der Waals surface area contributed by atoms with Crippen LogP contribution in [-0.4, -0.2) is 36.9 Å². The number of hydrogen-bond donors (Lipinski definition) is 1. The number of thiophene rings is 1. The number of carbonyl (C=O) groups excluding carboxylic acids is 2. The molecule has 1 aliphatic rings. The van der Waals surface area contributed by atoms with Crippen LogP contribution in [-0.2, 0) is 4.79 Å². The topological polar surface area (TPSA) is 58.6 Å². The highest BCUT2D eigenvalue weighted by Crippen LogP contribution is 2.36.